The van der Waals surface area contributed by atoms with Crippen molar-refractivity contribution in [1.29, 1.82) is 0 Å². The Balaban J connectivity index is 1.64. The first-order chi connectivity index (χ1) is 9.58. The summed E-state index contributed by atoms with van der Waals surface area (Å²) < 4.78 is 2.57. The van der Waals surface area contributed by atoms with Crippen LogP contribution in [0.3, 0.4) is 0 Å². The topological polar surface area (TPSA) is 62.7 Å². The lowest BCUT2D eigenvalue weighted by Crippen LogP contribution is -2.33. The first kappa shape index (κ1) is 13.8. The molecular weight excluding hydrogens is 272 g/mol. The van der Waals surface area contributed by atoms with Gasteiger partial charge in [0.25, 0.3) is 0 Å². The third-order valence-corrected chi connectivity index (χ3v) is 4.57. The molecular formula is C14H22N4OS. The zero-order valence-electron chi connectivity index (χ0n) is 12.1. The molecule has 0 aliphatic heterocycles. The van der Waals surface area contributed by atoms with Gasteiger partial charge < -0.3 is 9.88 Å². The Kier molecular flexibility index (Phi) is 3.67. The van der Waals surface area contributed by atoms with Crippen molar-refractivity contribution in [3.8, 4) is 0 Å². The van der Waals surface area contributed by atoms with Gasteiger partial charge in [-0.25, -0.2) is 0 Å². The van der Waals surface area contributed by atoms with Crippen molar-refractivity contribution >= 4 is 18.1 Å². The van der Waals surface area contributed by atoms with Crippen LogP contribution in [0.2, 0.25) is 0 Å². The SMILES string of the molecule is CC(C)n1c(CNC(=O)C(C2CC2)C2CC2)n[nH]c1=S. The predicted molar refractivity (Wildman–Crippen MR) is 78.6 cm³/mol. The molecule has 110 valence electrons. The summed E-state index contributed by atoms with van der Waals surface area (Å²) in [6.45, 7) is 4.59. The van der Waals surface area contributed by atoms with Gasteiger partial charge in [-0.2, -0.15) is 5.10 Å². The summed E-state index contributed by atoms with van der Waals surface area (Å²) in [5.41, 5.74) is 0. The van der Waals surface area contributed by atoms with E-state index in [0.717, 1.165) is 5.82 Å². The fraction of sp³-hybridized carbons (Fsp3) is 0.786. The van der Waals surface area contributed by atoms with Gasteiger partial charge in [-0.1, -0.05) is 0 Å². The second-order valence-electron chi connectivity index (χ2n) is 6.33. The van der Waals surface area contributed by atoms with Crippen LogP contribution in [-0.2, 0) is 11.3 Å². The summed E-state index contributed by atoms with van der Waals surface area (Å²) in [5, 5.41) is 10.1. The van der Waals surface area contributed by atoms with Crippen molar-refractivity contribution in [2.75, 3.05) is 0 Å². The van der Waals surface area contributed by atoms with Crippen molar-refractivity contribution in [2.24, 2.45) is 17.8 Å². The molecule has 1 aromatic heterocycles. The van der Waals surface area contributed by atoms with Gasteiger partial charge in [-0.3, -0.25) is 9.89 Å². The monoisotopic (exact) mass is 294 g/mol. The van der Waals surface area contributed by atoms with Crippen molar-refractivity contribution in [1.82, 2.24) is 20.1 Å². The van der Waals surface area contributed by atoms with Gasteiger partial charge in [-0.15, -0.1) is 0 Å². The quantitative estimate of drug-likeness (QED) is 0.793. The average Bonchev–Trinajstić information content (AvgIpc) is 3.29. The molecule has 20 heavy (non-hydrogen) atoms. The van der Waals surface area contributed by atoms with E-state index in [9.17, 15) is 4.79 Å². The van der Waals surface area contributed by atoms with Gasteiger partial charge in [0, 0.05) is 12.0 Å². The van der Waals surface area contributed by atoms with E-state index in [2.05, 4.69) is 29.4 Å². The normalized spacial score (nSPS) is 18.8. The van der Waals surface area contributed by atoms with Gasteiger partial charge >= 0.3 is 0 Å². The van der Waals surface area contributed by atoms with E-state index >= 15 is 0 Å². The molecule has 0 atom stereocenters. The number of hydrogen-bond donors (Lipinski definition) is 2. The van der Waals surface area contributed by atoms with Crippen LogP contribution >= 0.6 is 12.2 Å². The molecule has 3 rings (SSSR count). The largest absolute Gasteiger partial charge is 0.349 e. The highest BCUT2D eigenvalue weighted by Gasteiger charge is 2.45. The fourth-order valence-electron chi connectivity index (χ4n) is 3.00. The molecule has 2 fully saturated rings. The lowest BCUT2D eigenvalue weighted by atomic mass is 9.97. The lowest BCUT2D eigenvalue weighted by Gasteiger charge is -2.16. The Bertz CT molecular complexity index is 542. The van der Waals surface area contributed by atoms with Crippen LogP contribution in [0, 0.1) is 22.5 Å². The second-order valence-corrected chi connectivity index (χ2v) is 6.71. The highest BCUT2D eigenvalue weighted by atomic mass is 32.1. The molecule has 0 spiro atoms. The van der Waals surface area contributed by atoms with E-state index in [0.29, 0.717) is 23.2 Å². The van der Waals surface area contributed by atoms with Crippen molar-refractivity contribution < 1.29 is 4.79 Å². The van der Waals surface area contributed by atoms with Crippen LogP contribution in [0.1, 0.15) is 51.4 Å². The Hall–Kier alpha value is -1.17. The number of H-pyrrole nitrogens is 1. The number of rotatable bonds is 6. The minimum atomic E-state index is 0.208. The second kappa shape index (κ2) is 5.31. The molecule has 2 saturated carbocycles. The molecule has 0 radical (unpaired) electrons. The molecule has 2 aliphatic carbocycles. The minimum absolute atomic E-state index is 0.208. The first-order valence-corrected chi connectivity index (χ1v) is 7.92. The first-order valence-electron chi connectivity index (χ1n) is 7.51. The molecule has 5 nitrogen and oxygen atoms in total. The van der Waals surface area contributed by atoms with Gasteiger partial charge in [0.15, 0.2) is 10.6 Å². The number of hydrogen-bond acceptors (Lipinski definition) is 3. The van der Waals surface area contributed by atoms with Crippen molar-refractivity contribution in [3.63, 3.8) is 0 Å². The summed E-state index contributed by atoms with van der Waals surface area (Å²) in [6, 6.07) is 0.246. The summed E-state index contributed by atoms with van der Waals surface area (Å²) in [5.74, 6) is 2.52. The van der Waals surface area contributed by atoms with E-state index in [1.165, 1.54) is 25.7 Å². The number of carbonyl (C=O) groups is 1. The highest BCUT2D eigenvalue weighted by Crippen LogP contribution is 2.49. The van der Waals surface area contributed by atoms with E-state index in [-0.39, 0.29) is 17.9 Å². The lowest BCUT2D eigenvalue weighted by molar-refractivity contribution is -0.126. The van der Waals surface area contributed by atoms with Crippen LogP contribution in [0.25, 0.3) is 0 Å². The molecule has 2 aliphatic rings. The molecule has 0 aromatic carbocycles. The summed E-state index contributed by atoms with van der Waals surface area (Å²) in [6.07, 6.45) is 4.89. The Morgan fingerprint density at radius 1 is 1.40 bits per heavy atom. The van der Waals surface area contributed by atoms with Crippen LogP contribution < -0.4 is 5.32 Å². The molecule has 1 aromatic rings. The molecule has 6 heteroatoms. The van der Waals surface area contributed by atoms with Crippen molar-refractivity contribution in [2.45, 2.75) is 52.1 Å². The maximum atomic E-state index is 12.4. The highest BCUT2D eigenvalue weighted by molar-refractivity contribution is 7.71. The molecule has 2 N–H and O–H groups in total. The van der Waals surface area contributed by atoms with E-state index < -0.39 is 0 Å². The van der Waals surface area contributed by atoms with Gasteiger partial charge in [0.05, 0.1) is 6.54 Å². The minimum Gasteiger partial charge on any atom is -0.349 e. The maximum absolute atomic E-state index is 12.4. The number of amides is 1. The summed E-state index contributed by atoms with van der Waals surface area (Å²) in [4.78, 5) is 12.4. The number of carbonyl (C=O) groups excluding carboxylic acids is 1. The average molecular weight is 294 g/mol. The third kappa shape index (κ3) is 2.80. The zero-order chi connectivity index (χ0) is 14.3. The Morgan fingerprint density at radius 2 is 2.00 bits per heavy atom. The number of aromatic nitrogens is 3. The smallest absolute Gasteiger partial charge is 0.224 e. The van der Waals surface area contributed by atoms with Gasteiger partial charge in [-0.05, 0) is 63.6 Å². The maximum Gasteiger partial charge on any atom is 0.224 e. The standard InChI is InChI=1S/C14H22N4OS/c1-8(2)18-11(16-17-14(18)20)7-15-13(19)12(9-3-4-9)10-5-6-10/h8-10,12H,3-7H2,1-2H3,(H,15,19)(H,17,20). The number of nitrogens with one attached hydrogen (secondary N) is 2. The van der Waals surface area contributed by atoms with Crippen molar-refractivity contribution in [3.05, 3.63) is 10.6 Å². The van der Waals surface area contributed by atoms with E-state index in [1.54, 1.807) is 0 Å². The molecule has 0 unspecified atom stereocenters. The van der Waals surface area contributed by atoms with E-state index in [1.807, 2.05) is 4.57 Å². The predicted octanol–water partition coefficient (Wildman–Crippen LogP) is 2.57. The Labute approximate surface area is 124 Å². The fourth-order valence-corrected chi connectivity index (χ4v) is 3.36. The zero-order valence-corrected chi connectivity index (χ0v) is 12.9. The molecule has 0 bridgehead atoms. The molecule has 1 heterocycles. The third-order valence-electron chi connectivity index (χ3n) is 4.28. The van der Waals surface area contributed by atoms with Gasteiger partial charge in [0.2, 0.25) is 5.91 Å². The summed E-state index contributed by atoms with van der Waals surface area (Å²) >= 11 is 5.22. The van der Waals surface area contributed by atoms with Crippen LogP contribution in [0.15, 0.2) is 0 Å². The summed E-state index contributed by atoms with van der Waals surface area (Å²) in [7, 11) is 0. The van der Waals surface area contributed by atoms with Crippen LogP contribution in [0.4, 0.5) is 0 Å². The van der Waals surface area contributed by atoms with E-state index in [4.69, 9.17) is 12.2 Å². The Morgan fingerprint density at radius 3 is 2.50 bits per heavy atom. The van der Waals surface area contributed by atoms with Crippen LogP contribution in [0.5, 0.6) is 0 Å². The molecule has 1 amide bonds. The van der Waals surface area contributed by atoms with Crippen LogP contribution in [-0.4, -0.2) is 20.7 Å². The number of aromatic amines is 1. The molecule has 0 saturated heterocycles. The number of nitrogens with zero attached hydrogens (tertiary/aromatic N) is 2. The van der Waals surface area contributed by atoms with Gasteiger partial charge in [0.1, 0.15) is 0 Å².